The van der Waals surface area contributed by atoms with Crippen molar-refractivity contribution >= 4 is 17.2 Å². The van der Waals surface area contributed by atoms with Gasteiger partial charge in [-0.2, -0.15) is 13.2 Å². The van der Waals surface area contributed by atoms with Crippen molar-refractivity contribution in [3.63, 3.8) is 0 Å². The zero-order valence-electron chi connectivity index (χ0n) is 11.0. The molecule has 3 heterocycles. The molecule has 3 rings (SSSR count). The van der Waals surface area contributed by atoms with E-state index in [0.717, 1.165) is 12.3 Å². The summed E-state index contributed by atoms with van der Waals surface area (Å²) in [5.41, 5.74) is -0.621. The Bertz CT molecular complexity index is 672. The third-order valence-electron chi connectivity index (χ3n) is 3.55. The minimum absolute atomic E-state index is 0.00335. The van der Waals surface area contributed by atoms with Gasteiger partial charge >= 0.3 is 6.18 Å². The van der Waals surface area contributed by atoms with Crippen LogP contribution in [-0.2, 0) is 10.9 Å². The molecule has 0 spiro atoms. The van der Waals surface area contributed by atoms with Crippen LogP contribution in [0.1, 0.15) is 23.9 Å². The molecule has 0 saturated carbocycles. The maximum absolute atomic E-state index is 12.9. The number of fused-ring (bicyclic) bond motifs is 1. The molecule has 21 heavy (non-hydrogen) atoms. The molecular formula is C12H12ClF3N4O. The van der Waals surface area contributed by atoms with E-state index in [-0.39, 0.29) is 22.8 Å². The monoisotopic (exact) mass is 320 g/mol. The first kappa shape index (κ1) is 14.6. The number of alkyl halides is 3. The van der Waals surface area contributed by atoms with Gasteiger partial charge in [-0.3, -0.25) is 4.40 Å². The summed E-state index contributed by atoms with van der Waals surface area (Å²) in [6.07, 6.45) is -2.88. The quantitative estimate of drug-likeness (QED) is 0.923. The van der Waals surface area contributed by atoms with E-state index in [1.165, 1.54) is 4.40 Å². The Kier molecular flexibility index (Phi) is 3.54. The first-order valence-electron chi connectivity index (χ1n) is 6.27. The number of pyridine rings is 1. The van der Waals surface area contributed by atoms with Crippen LogP contribution >= 0.6 is 11.6 Å². The molecule has 1 fully saturated rings. The fraction of sp³-hybridized carbons (Fsp3) is 0.500. The van der Waals surface area contributed by atoms with Crippen LogP contribution in [0.25, 0.3) is 5.65 Å². The lowest BCUT2D eigenvalue weighted by Gasteiger charge is -2.11. The van der Waals surface area contributed by atoms with E-state index in [0.29, 0.717) is 18.8 Å². The van der Waals surface area contributed by atoms with E-state index in [2.05, 4.69) is 15.5 Å². The van der Waals surface area contributed by atoms with Gasteiger partial charge in [0.1, 0.15) is 0 Å². The predicted molar refractivity (Wildman–Crippen MR) is 69.2 cm³/mol. The average Bonchev–Trinajstić information content (AvgIpc) is 3.03. The second-order valence-corrected chi connectivity index (χ2v) is 5.29. The number of hydrogen-bond donors (Lipinski definition) is 1. The molecule has 0 radical (unpaired) electrons. The van der Waals surface area contributed by atoms with E-state index >= 15 is 0 Å². The molecule has 5 nitrogen and oxygen atoms in total. The van der Waals surface area contributed by atoms with Gasteiger partial charge in [0.05, 0.1) is 22.7 Å². The van der Waals surface area contributed by atoms with Crippen molar-refractivity contribution in [3.8, 4) is 0 Å². The molecule has 0 aliphatic carbocycles. The maximum atomic E-state index is 12.9. The molecule has 2 atom stereocenters. The molecule has 1 saturated heterocycles. The fourth-order valence-corrected chi connectivity index (χ4v) is 2.69. The van der Waals surface area contributed by atoms with E-state index < -0.39 is 11.7 Å². The van der Waals surface area contributed by atoms with Crippen LogP contribution < -0.4 is 5.32 Å². The molecule has 2 aromatic heterocycles. The Morgan fingerprint density at radius 1 is 1.43 bits per heavy atom. The molecule has 0 aromatic carbocycles. The summed E-state index contributed by atoms with van der Waals surface area (Å²) in [5.74, 6) is 0.401. The summed E-state index contributed by atoms with van der Waals surface area (Å²) < 4.78 is 45.2. The smallest absolute Gasteiger partial charge is 0.380 e. The lowest BCUT2D eigenvalue weighted by atomic mass is 10.2. The number of nitrogens with one attached hydrogen (secondary N) is 1. The summed E-state index contributed by atoms with van der Waals surface area (Å²) in [5, 5.41) is 10.9. The summed E-state index contributed by atoms with van der Waals surface area (Å²) in [6.45, 7) is 0.614. The zero-order valence-corrected chi connectivity index (χ0v) is 11.7. The molecule has 2 aromatic rings. The molecule has 1 aliphatic heterocycles. The third-order valence-corrected chi connectivity index (χ3v) is 3.83. The van der Waals surface area contributed by atoms with Crippen molar-refractivity contribution in [1.82, 2.24) is 19.9 Å². The number of ether oxygens (including phenoxy) is 1. The van der Waals surface area contributed by atoms with Gasteiger partial charge in [0.25, 0.3) is 0 Å². The molecular weight excluding hydrogens is 309 g/mol. The Labute approximate surface area is 123 Å². The van der Waals surface area contributed by atoms with E-state index in [4.69, 9.17) is 16.3 Å². The van der Waals surface area contributed by atoms with Crippen molar-refractivity contribution in [2.75, 3.05) is 13.7 Å². The second-order valence-electron chi connectivity index (χ2n) is 4.88. The summed E-state index contributed by atoms with van der Waals surface area (Å²) in [6, 6.07) is 0.638. The molecule has 1 aliphatic rings. The van der Waals surface area contributed by atoms with Crippen LogP contribution in [0.5, 0.6) is 0 Å². The highest BCUT2D eigenvalue weighted by atomic mass is 35.5. The van der Waals surface area contributed by atoms with Gasteiger partial charge < -0.3 is 10.1 Å². The molecule has 1 N–H and O–H groups in total. The minimum Gasteiger partial charge on any atom is -0.380 e. The number of hydrogen-bond acceptors (Lipinski definition) is 4. The molecule has 9 heteroatoms. The van der Waals surface area contributed by atoms with Gasteiger partial charge in [-0.1, -0.05) is 11.6 Å². The van der Waals surface area contributed by atoms with Crippen LogP contribution in [-0.4, -0.2) is 34.4 Å². The molecule has 0 bridgehead atoms. The Morgan fingerprint density at radius 3 is 2.81 bits per heavy atom. The van der Waals surface area contributed by atoms with Gasteiger partial charge in [0, 0.05) is 19.9 Å². The number of aromatic nitrogens is 3. The number of halogens is 4. The number of nitrogens with zero attached hydrogens (tertiary/aromatic N) is 3. The van der Waals surface area contributed by atoms with E-state index in [9.17, 15) is 13.2 Å². The standard InChI is InChI=1S/C12H12ClF3N4O/c1-21-7-3-9(17-4-7)11-19-18-10-8(13)2-6(5-20(10)11)12(14,15)16/h2,5,7,9,17H,3-4H2,1H3. The van der Waals surface area contributed by atoms with E-state index in [1.54, 1.807) is 7.11 Å². The lowest BCUT2D eigenvalue weighted by Crippen LogP contribution is -2.18. The Hall–Kier alpha value is -1.38. The van der Waals surface area contributed by atoms with Gasteiger partial charge in [-0.05, 0) is 12.5 Å². The van der Waals surface area contributed by atoms with Crippen molar-refractivity contribution < 1.29 is 17.9 Å². The van der Waals surface area contributed by atoms with Crippen LogP contribution in [0.4, 0.5) is 13.2 Å². The van der Waals surface area contributed by atoms with Crippen molar-refractivity contribution in [2.45, 2.75) is 24.7 Å². The number of rotatable bonds is 2. The van der Waals surface area contributed by atoms with Crippen molar-refractivity contribution in [2.24, 2.45) is 0 Å². The molecule has 2 unspecified atom stereocenters. The molecule has 0 amide bonds. The first-order valence-corrected chi connectivity index (χ1v) is 6.65. The highest BCUT2D eigenvalue weighted by Gasteiger charge is 2.34. The Morgan fingerprint density at radius 2 is 2.19 bits per heavy atom. The van der Waals surface area contributed by atoms with Gasteiger partial charge in [0.2, 0.25) is 0 Å². The van der Waals surface area contributed by atoms with Crippen LogP contribution in [0, 0.1) is 0 Å². The van der Waals surface area contributed by atoms with E-state index in [1.807, 2.05) is 0 Å². The maximum Gasteiger partial charge on any atom is 0.417 e. The highest BCUT2D eigenvalue weighted by Crippen LogP contribution is 2.33. The average molecular weight is 321 g/mol. The van der Waals surface area contributed by atoms with Gasteiger partial charge in [0.15, 0.2) is 11.5 Å². The largest absolute Gasteiger partial charge is 0.417 e. The van der Waals surface area contributed by atoms with Gasteiger partial charge in [-0.15, -0.1) is 10.2 Å². The summed E-state index contributed by atoms with van der Waals surface area (Å²) in [4.78, 5) is 0. The van der Waals surface area contributed by atoms with Gasteiger partial charge in [-0.25, -0.2) is 0 Å². The predicted octanol–water partition coefficient (Wildman–Crippen LogP) is 2.45. The van der Waals surface area contributed by atoms with Crippen LogP contribution in [0.3, 0.4) is 0 Å². The Balaban J connectivity index is 2.06. The second kappa shape index (κ2) is 5.11. The summed E-state index contributed by atoms with van der Waals surface area (Å²) >= 11 is 5.88. The normalized spacial score (nSPS) is 23.1. The SMILES string of the molecule is COC1CNC(c2nnc3c(Cl)cc(C(F)(F)F)cn23)C1. The third kappa shape index (κ3) is 2.58. The lowest BCUT2D eigenvalue weighted by molar-refractivity contribution is -0.137. The number of methoxy groups -OCH3 is 1. The van der Waals surface area contributed by atoms with Crippen molar-refractivity contribution in [1.29, 1.82) is 0 Å². The van der Waals surface area contributed by atoms with Crippen molar-refractivity contribution in [3.05, 3.63) is 28.7 Å². The summed E-state index contributed by atoms with van der Waals surface area (Å²) in [7, 11) is 1.59. The zero-order chi connectivity index (χ0) is 15.2. The van der Waals surface area contributed by atoms with Crippen LogP contribution in [0.15, 0.2) is 12.3 Å². The topological polar surface area (TPSA) is 51.5 Å². The minimum atomic E-state index is -4.47. The first-order chi connectivity index (χ1) is 9.90. The van der Waals surface area contributed by atoms with Crippen LogP contribution in [0.2, 0.25) is 5.02 Å². The fourth-order valence-electron chi connectivity index (χ4n) is 2.44. The highest BCUT2D eigenvalue weighted by molar-refractivity contribution is 6.33. The molecule has 114 valence electrons.